The molecule has 0 aliphatic carbocycles. The molecule has 0 atom stereocenters. The third-order valence-electron chi connectivity index (χ3n) is 5.59. The highest BCUT2D eigenvalue weighted by Crippen LogP contribution is 2.32. The summed E-state index contributed by atoms with van der Waals surface area (Å²) in [6, 6.07) is 20.3. The zero-order valence-corrected chi connectivity index (χ0v) is 20.1. The molecule has 174 valence electrons. The first-order chi connectivity index (χ1) is 17.1. The Balaban J connectivity index is 1.45. The second kappa shape index (κ2) is 10.3. The minimum absolute atomic E-state index is 0.150. The molecule has 0 saturated carbocycles. The molecule has 8 heteroatoms. The zero-order chi connectivity index (χ0) is 24.2. The lowest BCUT2D eigenvalue weighted by molar-refractivity contribution is 0.0953. The molecule has 0 aliphatic rings. The van der Waals surface area contributed by atoms with Crippen molar-refractivity contribution in [3.63, 3.8) is 0 Å². The van der Waals surface area contributed by atoms with E-state index in [4.69, 9.17) is 33.2 Å². The number of nitrogens with one attached hydrogen (secondary N) is 2. The normalized spacial score (nSPS) is 11.0. The van der Waals surface area contributed by atoms with Gasteiger partial charge in [-0.15, -0.1) is 0 Å². The van der Waals surface area contributed by atoms with Gasteiger partial charge < -0.3 is 10.3 Å². The standard InChI is InChI=1S/C27H21Cl2N5O/c28-20-8-3-17(4-9-20)25-26(18-5-10-21(29)11-6-18)34-23-16-19(7-12-22(23)33-25)27(35)32-13-1-2-24-30-14-15-31-24/h3-12,14-16H,1-2,13H2,(H,30,31)(H,32,35). The number of hydrogen-bond donors (Lipinski definition) is 2. The Labute approximate surface area is 212 Å². The van der Waals surface area contributed by atoms with Gasteiger partial charge in [-0.2, -0.15) is 0 Å². The van der Waals surface area contributed by atoms with Gasteiger partial charge in [-0.25, -0.2) is 15.0 Å². The van der Waals surface area contributed by atoms with Crippen molar-refractivity contribution in [1.29, 1.82) is 0 Å². The second-order valence-electron chi connectivity index (χ2n) is 8.03. The highest BCUT2D eigenvalue weighted by atomic mass is 35.5. The summed E-state index contributed by atoms with van der Waals surface area (Å²) < 4.78 is 0. The van der Waals surface area contributed by atoms with Crippen LogP contribution in [-0.4, -0.2) is 32.4 Å². The van der Waals surface area contributed by atoms with Crippen LogP contribution in [-0.2, 0) is 6.42 Å². The number of hydrogen-bond acceptors (Lipinski definition) is 4. The van der Waals surface area contributed by atoms with E-state index in [2.05, 4.69) is 15.3 Å². The van der Waals surface area contributed by atoms with E-state index in [0.29, 0.717) is 38.9 Å². The maximum absolute atomic E-state index is 12.8. The van der Waals surface area contributed by atoms with Gasteiger partial charge in [0.1, 0.15) is 5.82 Å². The number of nitrogens with zero attached hydrogens (tertiary/aromatic N) is 3. The number of aromatic amines is 1. The van der Waals surface area contributed by atoms with Crippen LogP contribution in [0.15, 0.2) is 79.1 Å². The van der Waals surface area contributed by atoms with Crippen molar-refractivity contribution in [1.82, 2.24) is 25.3 Å². The topological polar surface area (TPSA) is 83.6 Å². The molecule has 5 aromatic rings. The SMILES string of the molecule is O=C(NCCCc1ncc[nH]1)c1ccc2nc(-c3ccc(Cl)cc3)c(-c3ccc(Cl)cc3)nc2c1. The van der Waals surface area contributed by atoms with Crippen molar-refractivity contribution in [3.8, 4) is 22.5 Å². The van der Waals surface area contributed by atoms with E-state index < -0.39 is 0 Å². The quantitative estimate of drug-likeness (QED) is 0.254. The fraction of sp³-hybridized carbons (Fsp3) is 0.111. The van der Waals surface area contributed by atoms with Gasteiger partial charge in [0.25, 0.3) is 5.91 Å². The molecule has 0 saturated heterocycles. The predicted molar refractivity (Wildman–Crippen MR) is 140 cm³/mol. The summed E-state index contributed by atoms with van der Waals surface area (Å²) in [4.78, 5) is 29.8. The molecule has 35 heavy (non-hydrogen) atoms. The zero-order valence-electron chi connectivity index (χ0n) is 18.6. The molecule has 2 heterocycles. The number of fused-ring (bicyclic) bond motifs is 1. The number of aryl methyl sites for hydroxylation is 1. The summed E-state index contributed by atoms with van der Waals surface area (Å²) >= 11 is 12.2. The maximum Gasteiger partial charge on any atom is 0.251 e. The van der Waals surface area contributed by atoms with Gasteiger partial charge in [0.05, 0.1) is 22.4 Å². The van der Waals surface area contributed by atoms with Crippen molar-refractivity contribution >= 4 is 40.1 Å². The fourth-order valence-corrected chi connectivity index (χ4v) is 4.06. The van der Waals surface area contributed by atoms with Crippen molar-refractivity contribution in [2.75, 3.05) is 6.54 Å². The van der Waals surface area contributed by atoms with Gasteiger partial charge in [-0.3, -0.25) is 4.79 Å². The van der Waals surface area contributed by atoms with E-state index in [0.717, 1.165) is 35.5 Å². The number of imidazole rings is 1. The number of H-pyrrole nitrogens is 1. The van der Waals surface area contributed by atoms with E-state index in [1.54, 1.807) is 24.5 Å². The fourth-order valence-electron chi connectivity index (χ4n) is 3.81. The van der Waals surface area contributed by atoms with Crippen LogP contribution in [0.2, 0.25) is 10.0 Å². The largest absolute Gasteiger partial charge is 0.352 e. The van der Waals surface area contributed by atoms with Crippen molar-refractivity contribution in [3.05, 3.63) is 101 Å². The number of benzene rings is 3. The Kier molecular flexibility index (Phi) is 6.75. The Morgan fingerprint density at radius 2 is 1.46 bits per heavy atom. The number of aromatic nitrogens is 4. The van der Waals surface area contributed by atoms with Gasteiger partial charge in [-0.1, -0.05) is 47.5 Å². The van der Waals surface area contributed by atoms with E-state index in [9.17, 15) is 4.79 Å². The summed E-state index contributed by atoms with van der Waals surface area (Å²) in [6.45, 7) is 0.550. The first kappa shape index (κ1) is 23.0. The molecule has 1 amide bonds. The molecule has 6 nitrogen and oxygen atoms in total. The first-order valence-corrected chi connectivity index (χ1v) is 11.9. The monoisotopic (exact) mass is 501 g/mol. The molecule has 3 aromatic carbocycles. The van der Waals surface area contributed by atoms with Crippen LogP contribution in [0.25, 0.3) is 33.5 Å². The third-order valence-corrected chi connectivity index (χ3v) is 6.10. The van der Waals surface area contributed by atoms with Crippen LogP contribution in [0.4, 0.5) is 0 Å². The van der Waals surface area contributed by atoms with Crippen LogP contribution in [0.5, 0.6) is 0 Å². The van der Waals surface area contributed by atoms with E-state index in [1.807, 2.05) is 54.6 Å². The lowest BCUT2D eigenvalue weighted by atomic mass is 10.0. The van der Waals surface area contributed by atoms with Crippen molar-refractivity contribution < 1.29 is 4.79 Å². The van der Waals surface area contributed by atoms with Crippen molar-refractivity contribution in [2.24, 2.45) is 0 Å². The minimum Gasteiger partial charge on any atom is -0.352 e. The van der Waals surface area contributed by atoms with E-state index in [-0.39, 0.29) is 5.91 Å². The van der Waals surface area contributed by atoms with Gasteiger partial charge in [0.2, 0.25) is 0 Å². The lowest BCUT2D eigenvalue weighted by Gasteiger charge is -2.12. The summed E-state index contributed by atoms with van der Waals surface area (Å²) in [7, 11) is 0. The number of halogens is 2. The Morgan fingerprint density at radius 1 is 0.829 bits per heavy atom. The van der Waals surface area contributed by atoms with Gasteiger partial charge in [0.15, 0.2) is 0 Å². The minimum atomic E-state index is -0.150. The number of rotatable bonds is 7. The smallest absolute Gasteiger partial charge is 0.251 e. The van der Waals surface area contributed by atoms with Gasteiger partial charge >= 0.3 is 0 Å². The molecular formula is C27H21Cl2N5O. The van der Waals surface area contributed by atoms with Crippen LogP contribution in [0, 0.1) is 0 Å². The molecule has 2 N–H and O–H groups in total. The Hall–Kier alpha value is -3.74. The third kappa shape index (κ3) is 5.34. The summed E-state index contributed by atoms with van der Waals surface area (Å²) in [5, 5.41) is 4.25. The Morgan fingerprint density at radius 3 is 2.06 bits per heavy atom. The molecule has 0 radical (unpaired) electrons. The van der Waals surface area contributed by atoms with Crippen LogP contribution >= 0.6 is 23.2 Å². The molecule has 0 unspecified atom stereocenters. The molecular weight excluding hydrogens is 481 g/mol. The molecule has 2 aromatic heterocycles. The average Bonchev–Trinajstić information content (AvgIpc) is 3.40. The average molecular weight is 502 g/mol. The summed E-state index contributed by atoms with van der Waals surface area (Å²) in [5.74, 6) is 0.759. The number of carbonyl (C=O) groups is 1. The number of amides is 1. The first-order valence-electron chi connectivity index (χ1n) is 11.2. The second-order valence-corrected chi connectivity index (χ2v) is 8.91. The van der Waals surface area contributed by atoms with E-state index >= 15 is 0 Å². The van der Waals surface area contributed by atoms with Crippen LogP contribution in [0.3, 0.4) is 0 Å². The lowest BCUT2D eigenvalue weighted by Crippen LogP contribution is -2.24. The molecule has 0 aliphatic heterocycles. The molecule has 0 spiro atoms. The van der Waals surface area contributed by atoms with Crippen LogP contribution < -0.4 is 5.32 Å². The highest BCUT2D eigenvalue weighted by Gasteiger charge is 2.15. The van der Waals surface area contributed by atoms with Crippen LogP contribution in [0.1, 0.15) is 22.6 Å². The molecule has 5 rings (SSSR count). The molecule has 0 bridgehead atoms. The van der Waals surface area contributed by atoms with Gasteiger partial charge in [0, 0.05) is 52.1 Å². The van der Waals surface area contributed by atoms with E-state index in [1.165, 1.54) is 0 Å². The highest BCUT2D eigenvalue weighted by molar-refractivity contribution is 6.31. The predicted octanol–water partition coefficient (Wildman–Crippen LogP) is 6.36. The maximum atomic E-state index is 12.8. The number of carbonyl (C=O) groups excluding carboxylic acids is 1. The summed E-state index contributed by atoms with van der Waals surface area (Å²) in [5.41, 5.74) is 5.07. The van der Waals surface area contributed by atoms with Gasteiger partial charge in [-0.05, 0) is 48.9 Å². The Bertz CT molecular complexity index is 1470. The van der Waals surface area contributed by atoms with Crippen molar-refractivity contribution in [2.45, 2.75) is 12.8 Å². The molecule has 0 fully saturated rings. The summed E-state index contributed by atoms with van der Waals surface area (Å²) in [6.07, 6.45) is 5.08.